The lowest BCUT2D eigenvalue weighted by Gasteiger charge is -2.17. The van der Waals surface area contributed by atoms with Crippen LogP contribution in [0.4, 0.5) is 11.6 Å². The topological polar surface area (TPSA) is 21.1 Å². The van der Waals surface area contributed by atoms with E-state index in [1.807, 2.05) is 24.3 Å². The zero-order chi connectivity index (χ0) is 18.4. The SMILES string of the molecule is CCC(CC)c1ccc(Cl)c2nc3n(c12)CCN3c1ccc(Cl)cc1Br. The molecule has 3 aromatic rings. The van der Waals surface area contributed by atoms with Gasteiger partial charge in [0, 0.05) is 22.6 Å². The molecule has 1 aliphatic rings. The minimum absolute atomic E-state index is 0.520. The van der Waals surface area contributed by atoms with Gasteiger partial charge in [0.25, 0.3) is 0 Å². The molecule has 4 rings (SSSR count). The van der Waals surface area contributed by atoms with Crippen LogP contribution < -0.4 is 4.90 Å². The Morgan fingerprint density at radius 2 is 1.88 bits per heavy atom. The first kappa shape index (κ1) is 18.1. The number of hydrogen-bond donors (Lipinski definition) is 0. The summed E-state index contributed by atoms with van der Waals surface area (Å²) in [6, 6.07) is 10.0. The molecular formula is C20H20BrCl2N3. The van der Waals surface area contributed by atoms with Crippen LogP contribution in [0.15, 0.2) is 34.8 Å². The summed E-state index contributed by atoms with van der Waals surface area (Å²) in [6.45, 7) is 6.27. The lowest BCUT2D eigenvalue weighted by molar-refractivity contribution is 0.642. The Labute approximate surface area is 172 Å². The average Bonchev–Trinajstić information content (AvgIpc) is 3.18. The van der Waals surface area contributed by atoms with Crippen molar-refractivity contribution in [2.45, 2.75) is 39.2 Å². The highest BCUT2D eigenvalue weighted by atomic mass is 79.9. The van der Waals surface area contributed by atoms with Crippen molar-refractivity contribution >= 4 is 61.8 Å². The van der Waals surface area contributed by atoms with Gasteiger partial charge in [-0.05, 0) is 64.5 Å². The zero-order valence-electron chi connectivity index (χ0n) is 14.8. The number of aromatic nitrogens is 2. The second-order valence-corrected chi connectivity index (χ2v) is 8.36. The lowest BCUT2D eigenvalue weighted by atomic mass is 9.93. The van der Waals surface area contributed by atoms with E-state index in [2.05, 4.69) is 45.3 Å². The third kappa shape index (κ3) is 2.83. The normalized spacial score (nSPS) is 13.8. The standard InChI is InChI=1S/C20H20BrCl2N3/c1-3-12(4-2)14-6-7-16(23)18-19(14)26-10-9-25(20(26)24-18)17-8-5-13(22)11-15(17)21/h5-8,11-12H,3-4,9-10H2,1-2H3. The number of nitrogens with zero attached hydrogens (tertiary/aromatic N) is 3. The fourth-order valence-corrected chi connectivity index (χ4v) is 5.02. The summed E-state index contributed by atoms with van der Waals surface area (Å²) in [5, 5.41) is 1.43. The van der Waals surface area contributed by atoms with Gasteiger partial charge in [0.05, 0.1) is 16.2 Å². The van der Waals surface area contributed by atoms with Crippen molar-refractivity contribution in [2.24, 2.45) is 0 Å². The number of anilines is 2. The highest BCUT2D eigenvalue weighted by Crippen LogP contribution is 2.41. The molecule has 2 aromatic carbocycles. The molecule has 1 aromatic heterocycles. The number of rotatable bonds is 4. The molecule has 0 fully saturated rings. The molecule has 0 saturated carbocycles. The second-order valence-electron chi connectivity index (χ2n) is 6.66. The van der Waals surface area contributed by atoms with Crippen LogP contribution in [-0.2, 0) is 6.54 Å². The number of hydrogen-bond acceptors (Lipinski definition) is 2. The largest absolute Gasteiger partial charge is 0.309 e. The first-order valence-corrected chi connectivity index (χ1v) is 10.5. The molecule has 6 heteroatoms. The van der Waals surface area contributed by atoms with E-state index in [0.717, 1.165) is 47.6 Å². The molecule has 0 bridgehead atoms. The molecule has 0 aliphatic carbocycles. The number of fused-ring (bicyclic) bond motifs is 3. The minimum atomic E-state index is 0.520. The van der Waals surface area contributed by atoms with Crippen LogP contribution in [0.1, 0.15) is 38.2 Å². The van der Waals surface area contributed by atoms with Gasteiger partial charge in [-0.15, -0.1) is 0 Å². The molecule has 2 heterocycles. The molecule has 0 amide bonds. The fraction of sp³-hybridized carbons (Fsp3) is 0.350. The van der Waals surface area contributed by atoms with Crippen molar-refractivity contribution < 1.29 is 0 Å². The first-order valence-electron chi connectivity index (χ1n) is 8.96. The Bertz CT molecular complexity index is 979. The molecule has 136 valence electrons. The Hall–Kier alpha value is -1.23. The first-order chi connectivity index (χ1) is 12.5. The van der Waals surface area contributed by atoms with Gasteiger partial charge in [0.1, 0.15) is 5.52 Å². The maximum atomic E-state index is 6.51. The van der Waals surface area contributed by atoms with Crippen molar-refractivity contribution in [3.63, 3.8) is 0 Å². The van der Waals surface area contributed by atoms with Crippen LogP contribution in [-0.4, -0.2) is 16.1 Å². The van der Waals surface area contributed by atoms with Gasteiger partial charge in [0.2, 0.25) is 5.95 Å². The highest BCUT2D eigenvalue weighted by molar-refractivity contribution is 9.10. The van der Waals surface area contributed by atoms with Crippen LogP contribution in [0.25, 0.3) is 11.0 Å². The van der Waals surface area contributed by atoms with Gasteiger partial charge in [0.15, 0.2) is 0 Å². The third-order valence-electron chi connectivity index (χ3n) is 5.27. The fourth-order valence-electron chi connectivity index (χ4n) is 3.93. The maximum absolute atomic E-state index is 6.51. The summed E-state index contributed by atoms with van der Waals surface area (Å²) in [7, 11) is 0. The molecular weight excluding hydrogens is 433 g/mol. The molecule has 3 nitrogen and oxygen atoms in total. The Morgan fingerprint density at radius 3 is 2.58 bits per heavy atom. The smallest absolute Gasteiger partial charge is 0.211 e. The second kappa shape index (κ2) is 7.06. The molecule has 0 unspecified atom stereocenters. The molecule has 0 spiro atoms. The van der Waals surface area contributed by atoms with E-state index >= 15 is 0 Å². The predicted molar refractivity (Wildman–Crippen MR) is 114 cm³/mol. The third-order valence-corrected chi connectivity index (χ3v) is 6.45. The molecule has 1 aliphatic heterocycles. The van der Waals surface area contributed by atoms with Gasteiger partial charge in [-0.1, -0.05) is 43.1 Å². The van der Waals surface area contributed by atoms with E-state index in [0.29, 0.717) is 16.0 Å². The van der Waals surface area contributed by atoms with Crippen LogP contribution >= 0.6 is 39.1 Å². The summed E-state index contributed by atoms with van der Waals surface area (Å²) in [5.41, 5.74) is 4.52. The van der Waals surface area contributed by atoms with E-state index in [1.54, 1.807) is 0 Å². The molecule has 26 heavy (non-hydrogen) atoms. The summed E-state index contributed by atoms with van der Waals surface area (Å²) >= 11 is 16.3. The van der Waals surface area contributed by atoms with Crippen LogP contribution in [0.3, 0.4) is 0 Å². The number of halogens is 3. The maximum Gasteiger partial charge on any atom is 0.211 e. The van der Waals surface area contributed by atoms with E-state index in [1.165, 1.54) is 11.1 Å². The molecule has 0 atom stereocenters. The van der Waals surface area contributed by atoms with Crippen LogP contribution in [0.2, 0.25) is 10.0 Å². The Morgan fingerprint density at radius 1 is 1.12 bits per heavy atom. The van der Waals surface area contributed by atoms with Crippen LogP contribution in [0, 0.1) is 0 Å². The van der Waals surface area contributed by atoms with Crippen molar-refractivity contribution in [1.29, 1.82) is 0 Å². The van der Waals surface area contributed by atoms with Gasteiger partial charge in [-0.3, -0.25) is 0 Å². The van der Waals surface area contributed by atoms with Gasteiger partial charge >= 0.3 is 0 Å². The monoisotopic (exact) mass is 451 g/mol. The van der Waals surface area contributed by atoms with Crippen LogP contribution in [0.5, 0.6) is 0 Å². The van der Waals surface area contributed by atoms with Gasteiger partial charge < -0.3 is 9.47 Å². The van der Waals surface area contributed by atoms with Crippen molar-refractivity contribution in [2.75, 3.05) is 11.4 Å². The van der Waals surface area contributed by atoms with E-state index in [9.17, 15) is 0 Å². The van der Waals surface area contributed by atoms with E-state index < -0.39 is 0 Å². The zero-order valence-corrected chi connectivity index (χ0v) is 17.9. The Kier molecular flexibility index (Phi) is 4.93. The van der Waals surface area contributed by atoms with E-state index in [4.69, 9.17) is 28.2 Å². The summed E-state index contributed by atoms with van der Waals surface area (Å²) in [6.07, 6.45) is 2.22. The molecule has 0 radical (unpaired) electrons. The summed E-state index contributed by atoms with van der Waals surface area (Å²) < 4.78 is 3.28. The van der Waals surface area contributed by atoms with Crippen molar-refractivity contribution in [3.05, 3.63) is 50.4 Å². The quantitative estimate of drug-likeness (QED) is 0.418. The summed E-state index contributed by atoms with van der Waals surface area (Å²) in [5.74, 6) is 1.47. The minimum Gasteiger partial charge on any atom is -0.309 e. The van der Waals surface area contributed by atoms with E-state index in [-0.39, 0.29) is 0 Å². The lowest BCUT2D eigenvalue weighted by Crippen LogP contribution is -2.14. The summed E-state index contributed by atoms with van der Waals surface area (Å²) in [4.78, 5) is 7.16. The highest BCUT2D eigenvalue weighted by Gasteiger charge is 2.29. The number of imidazole rings is 1. The van der Waals surface area contributed by atoms with Crippen molar-refractivity contribution in [3.8, 4) is 0 Å². The average molecular weight is 453 g/mol. The van der Waals surface area contributed by atoms with Gasteiger partial charge in [-0.2, -0.15) is 0 Å². The Balaban J connectivity index is 1.91. The van der Waals surface area contributed by atoms with Crippen molar-refractivity contribution in [1.82, 2.24) is 9.55 Å². The molecule has 0 N–H and O–H groups in total. The van der Waals surface area contributed by atoms with Gasteiger partial charge in [-0.25, -0.2) is 4.98 Å². The molecule has 0 saturated heterocycles. The number of benzene rings is 2. The predicted octanol–water partition coefficient (Wildman–Crippen LogP) is 7.16.